The van der Waals surface area contributed by atoms with Crippen molar-refractivity contribution in [1.29, 1.82) is 0 Å². The highest BCUT2D eigenvalue weighted by Crippen LogP contribution is 2.29. The van der Waals surface area contributed by atoms with Gasteiger partial charge in [-0.3, -0.25) is 4.79 Å². The van der Waals surface area contributed by atoms with Gasteiger partial charge in [-0.2, -0.15) is 0 Å². The summed E-state index contributed by atoms with van der Waals surface area (Å²) >= 11 is 0. The van der Waals surface area contributed by atoms with Crippen molar-refractivity contribution in [2.75, 3.05) is 5.43 Å². The number of aromatic nitrogens is 1. The van der Waals surface area contributed by atoms with Crippen LogP contribution in [0.3, 0.4) is 0 Å². The molecule has 0 bridgehead atoms. The molecular weight excluding hydrogens is 264 g/mol. The minimum Gasteiger partial charge on any atom is -0.349 e. The summed E-state index contributed by atoms with van der Waals surface area (Å²) in [5.41, 5.74) is 4.01. The molecule has 1 aliphatic carbocycles. The molecule has 4 N–H and O–H groups in total. The first kappa shape index (κ1) is 15.8. The first-order chi connectivity index (χ1) is 10.0. The molecule has 1 aliphatic rings. The Morgan fingerprint density at radius 2 is 2.10 bits per heavy atom. The summed E-state index contributed by atoms with van der Waals surface area (Å²) in [7, 11) is 0. The number of nitrogens with zero attached hydrogens (tertiary/aromatic N) is 1. The van der Waals surface area contributed by atoms with Gasteiger partial charge < -0.3 is 10.7 Å². The number of carbonyl (C=O) groups is 1. The lowest BCUT2D eigenvalue weighted by atomic mass is 9.79. The molecule has 0 spiro atoms. The zero-order valence-corrected chi connectivity index (χ0v) is 13.1. The van der Waals surface area contributed by atoms with Gasteiger partial charge in [0.25, 0.3) is 5.91 Å². The number of hydrazine groups is 1. The van der Waals surface area contributed by atoms with E-state index in [0.717, 1.165) is 30.9 Å². The number of nitrogens with two attached hydrogens (primary N) is 1. The molecule has 0 saturated heterocycles. The van der Waals surface area contributed by atoms with Crippen LogP contribution < -0.4 is 16.6 Å². The lowest BCUT2D eigenvalue weighted by molar-refractivity contribution is 0.0910. The SMILES string of the molecule is CCc1cc(C(=O)NC2CCC(C)C(C)C2)cc(NN)n1. The maximum atomic E-state index is 12.4. The molecular formula is C16H26N4O. The summed E-state index contributed by atoms with van der Waals surface area (Å²) in [6.07, 6.45) is 4.07. The van der Waals surface area contributed by atoms with Gasteiger partial charge in [-0.25, -0.2) is 10.8 Å². The lowest BCUT2D eigenvalue weighted by Crippen LogP contribution is -2.39. The minimum atomic E-state index is -0.0321. The number of rotatable bonds is 4. The zero-order chi connectivity index (χ0) is 15.4. The predicted molar refractivity (Wildman–Crippen MR) is 84.9 cm³/mol. The van der Waals surface area contributed by atoms with Crippen LogP contribution >= 0.6 is 0 Å². The van der Waals surface area contributed by atoms with Crippen LogP contribution in [0.15, 0.2) is 12.1 Å². The van der Waals surface area contributed by atoms with Crippen LogP contribution in [0.1, 0.15) is 56.1 Å². The topological polar surface area (TPSA) is 80.0 Å². The Balaban J connectivity index is 2.06. The lowest BCUT2D eigenvalue weighted by Gasteiger charge is -2.32. The van der Waals surface area contributed by atoms with Crippen molar-refractivity contribution in [3.05, 3.63) is 23.4 Å². The quantitative estimate of drug-likeness (QED) is 0.588. The molecule has 3 atom stereocenters. The summed E-state index contributed by atoms with van der Waals surface area (Å²) in [5, 5.41) is 3.15. The fourth-order valence-corrected chi connectivity index (χ4v) is 2.92. The van der Waals surface area contributed by atoms with E-state index in [1.165, 1.54) is 6.42 Å². The van der Waals surface area contributed by atoms with Gasteiger partial charge in [-0.05, 0) is 49.7 Å². The van der Waals surface area contributed by atoms with E-state index in [4.69, 9.17) is 5.84 Å². The van der Waals surface area contributed by atoms with Crippen molar-refractivity contribution in [3.8, 4) is 0 Å². The van der Waals surface area contributed by atoms with Crippen LogP contribution in [-0.4, -0.2) is 16.9 Å². The number of hydrogen-bond donors (Lipinski definition) is 3. The highest BCUT2D eigenvalue weighted by atomic mass is 16.1. The van der Waals surface area contributed by atoms with Gasteiger partial charge in [0.2, 0.25) is 0 Å². The fraction of sp³-hybridized carbons (Fsp3) is 0.625. The summed E-state index contributed by atoms with van der Waals surface area (Å²) in [5.74, 6) is 7.33. The Labute approximate surface area is 126 Å². The van der Waals surface area contributed by atoms with Gasteiger partial charge in [0.15, 0.2) is 0 Å². The molecule has 1 amide bonds. The molecule has 1 saturated carbocycles. The summed E-state index contributed by atoms with van der Waals surface area (Å²) in [4.78, 5) is 16.7. The Morgan fingerprint density at radius 1 is 1.33 bits per heavy atom. The standard InChI is InChI=1S/C16H26N4O/c1-4-13-8-12(9-15(18-13)20-17)16(21)19-14-6-5-10(2)11(3)7-14/h8-11,14H,4-7,17H2,1-3H3,(H,18,20)(H,19,21). The maximum Gasteiger partial charge on any atom is 0.251 e. The molecule has 0 aliphatic heterocycles. The Bertz CT molecular complexity index is 481. The highest BCUT2D eigenvalue weighted by molar-refractivity contribution is 5.95. The molecule has 1 aromatic heterocycles. The number of carbonyl (C=O) groups excluding carboxylic acids is 1. The Morgan fingerprint density at radius 3 is 2.71 bits per heavy atom. The molecule has 3 unspecified atom stereocenters. The third-order valence-corrected chi connectivity index (χ3v) is 4.58. The van der Waals surface area contributed by atoms with E-state index >= 15 is 0 Å². The van der Waals surface area contributed by atoms with Crippen molar-refractivity contribution in [3.63, 3.8) is 0 Å². The molecule has 1 aromatic rings. The van der Waals surface area contributed by atoms with Crippen molar-refractivity contribution in [2.45, 2.75) is 52.5 Å². The largest absolute Gasteiger partial charge is 0.349 e. The van der Waals surface area contributed by atoms with Gasteiger partial charge in [-0.1, -0.05) is 20.8 Å². The first-order valence-corrected chi connectivity index (χ1v) is 7.82. The maximum absolute atomic E-state index is 12.4. The fourth-order valence-electron chi connectivity index (χ4n) is 2.92. The van der Waals surface area contributed by atoms with Gasteiger partial charge in [0.05, 0.1) is 0 Å². The van der Waals surface area contributed by atoms with Crippen molar-refractivity contribution >= 4 is 11.7 Å². The van der Waals surface area contributed by atoms with Crippen LogP contribution in [0.25, 0.3) is 0 Å². The molecule has 21 heavy (non-hydrogen) atoms. The molecule has 5 nitrogen and oxygen atoms in total. The van der Waals surface area contributed by atoms with Crippen molar-refractivity contribution in [2.24, 2.45) is 17.7 Å². The normalized spacial score (nSPS) is 25.4. The number of aryl methyl sites for hydroxylation is 1. The van der Waals surface area contributed by atoms with Crippen LogP contribution in [0, 0.1) is 11.8 Å². The van der Waals surface area contributed by atoms with Crippen molar-refractivity contribution < 1.29 is 4.79 Å². The van der Waals surface area contributed by atoms with E-state index in [1.807, 2.05) is 13.0 Å². The highest BCUT2D eigenvalue weighted by Gasteiger charge is 2.25. The number of nitrogens with one attached hydrogen (secondary N) is 2. The molecule has 1 fully saturated rings. The summed E-state index contributed by atoms with van der Waals surface area (Å²) < 4.78 is 0. The van der Waals surface area contributed by atoms with E-state index in [-0.39, 0.29) is 11.9 Å². The number of pyridine rings is 1. The monoisotopic (exact) mass is 290 g/mol. The van der Waals surface area contributed by atoms with E-state index in [9.17, 15) is 4.79 Å². The molecule has 1 heterocycles. The van der Waals surface area contributed by atoms with E-state index < -0.39 is 0 Å². The van der Waals surface area contributed by atoms with Gasteiger partial charge in [-0.15, -0.1) is 0 Å². The third kappa shape index (κ3) is 3.94. The van der Waals surface area contributed by atoms with Crippen LogP contribution in [-0.2, 0) is 6.42 Å². The van der Waals surface area contributed by atoms with Gasteiger partial charge in [0, 0.05) is 17.3 Å². The van der Waals surface area contributed by atoms with E-state index in [0.29, 0.717) is 17.3 Å². The van der Waals surface area contributed by atoms with E-state index in [2.05, 4.69) is 29.6 Å². The Hall–Kier alpha value is -1.62. The molecule has 0 aromatic carbocycles. The smallest absolute Gasteiger partial charge is 0.251 e. The molecule has 116 valence electrons. The third-order valence-electron chi connectivity index (χ3n) is 4.58. The van der Waals surface area contributed by atoms with Gasteiger partial charge in [0.1, 0.15) is 5.82 Å². The summed E-state index contributed by atoms with van der Waals surface area (Å²) in [6, 6.07) is 3.81. The first-order valence-electron chi connectivity index (χ1n) is 7.82. The zero-order valence-electron chi connectivity index (χ0n) is 13.1. The molecule has 2 rings (SSSR count). The summed E-state index contributed by atoms with van der Waals surface area (Å²) in [6.45, 7) is 6.56. The average molecular weight is 290 g/mol. The van der Waals surface area contributed by atoms with E-state index in [1.54, 1.807) is 6.07 Å². The number of nitrogen functional groups attached to an aromatic ring is 1. The van der Waals surface area contributed by atoms with Crippen LogP contribution in [0.2, 0.25) is 0 Å². The second-order valence-corrected chi connectivity index (χ2v) is 6.17. The molecule has 5 heteroatoms. The molecule has 0 radical (unpaired) electrons. The number of anilines is 1. The predicted octanol–water partition coefficient (Wildman–Crippen LogP) is 2.48. The minimum absolute atomic E-state index is 0.0321. The second-order valence-electron chi connectivity index (χ2n) is 6.17. The number of amides is 1. The Kier molecular flexibility index (Phi) is 5.17. The van der Waals surface area contributed by atoms with Crippen LogP contribution in [0.5, 0.6) is 0 Å². The van der Waals surface area contributed by atoms with Gasteiger partial charge >= 0.3 is 0 Å². The average Bonchev–Trinajstić information content (AvgIpc) is 2.50. The van der Waals surface area contributed by atoms with Crippen molar-refractivity contribution in [1.82, 2.24) is 10.3 Å². The number of hydrogen-bond acceptors (Lipinski definition) is 4. The second kappa shape index (κ2) is 6.89. The van der Waals surface area contributed by atoms with Crippen LogP contribution in [0.4, 0.5) is 5.82 Å².